The topological polar surface area (TPSA) is 38.3 Å². The van der Waals surface area contributed by atoms with Gasteiger partial charge in [0.2, 0.25) is 0 Å². The molecule has 1 fully saturated rings. The van der Waals surface area contributed by atoms with Gasteiger partial charge in [-0.25, -0.2) is 0 Å². The van der Waals surface area contributed by atoms with Gasteiger partial charge in [-0.05, 0) is 37.8 Å². The molecule has 2 atom stereocenters. The van der Waals surface area contributed by atoms with E-state index in [0.717, 1.165) is 12.8 Å². The summed E-state index contributed by atoms with van der Waals surface area (Å²) in [6.45, 7) is 4.40. The lowest BCUT2D eigenvalue weighted by Gasteiger charge is -2.15. The Morgan fingerprint density at radius 3 is 2.88 bits per heavy atom. The highest BCUT2D eigenvalue weighted by Gasteiger charge is 2.31. The van der Waals surface area contributed by atoms with E-state index in [1.54, 1.807) is 0 Å². The molecule has 1 aliphatic rings. The van der Waals surface area contributed by atoms with Crippen LogP contribution in [0.5, 0.6) is 0 Å². The molecule has 1 aromatic rings. The van der Waals surface area contributed by atoms with Gasteiger partial charge in [-0.2, -0.15) is 0 Å². The van der Waals surface area contributed by atoms with Gasteiger partial charge < -0.3 is 4.74 Å². The zero-order valence-electron chi connectivity index (χ0n) is 10.4. The Balaban J connectivity index is 2.03. The van der Waals surface area contributed by atoms with Crippen molar-refractivity contribution < 1.29 is 9.53 Å². The molecule has 0 unspecified atom stereocenters. The Hall–Kier alpha value is -1.35. The molecular formula is C14H19NO2. The number of aryl methyl sites for hydroxylation is 1. The van der Waals surface area contributed by atoms with Crippen LogP contribution in [0.2, 0.25) is 0 Å². The maximum Gasteiger partial charge on any atom is 0.323 e. The average molecular weight is 233 g/mol. The van der Waals surface area contributed by atoms with Gasteiger partial charge >= 0.3 is 5.97 Å². The van der Waals surface area contributed by atoms with Gasteiger partial charge in [0.15, 0.2) is 0 Å². The van der Waals surface area contributed by atoms with Gasteiger partial charge in [-0.15, -0.1) is 0 Å². The van der Waals surface area contributed by atoms with E-state index in [4.69, 9.17) is 4.74 Å². The van der Waals surface area contributed by atoms with Crippen molar-refractivity contribution in [3.8, 4) is 0 Å². The number of carbonyl (C=O) groups is 1. The van der Waals surface area contributed by atoms with Crippen LogP contribution in [0.25, 0.3) is 0 Å². The van der Waals surface area contributed by atoms with E-state index in [9.17, 15) is 4.79 Å². The normalized spacial score (nSPS) is 23.6. The summed E-state index contributed by atoms with van der Waals surface area (Å²) in [7, 11) is 0. The van der Waals surface area contributed by atoms with Gasteiger partial charge in [0.1, 0.15) is 6.04 Å². The summed E-state index contributed by atoms with van der Waals surface area (Å²) in [5, 5.41) is 3.36. The Bertz CT molecular complexity index is 403. The van der Waals surface area contributed by atoms with E-state index in [2.05, 4.69) is 24.4 Å². The van der Waals surface area contributed by atoms with Crippen molar-refractivity contribution in [2.75, 3.05) is 6.61 Å². The monoisotopic (exact) mass is 233 g/mol. The molecule has 3 heteroatoms. The lowest BCUT2D eigenvalue weighted by atomic mass is 10.0. The van der Waals surface area contributed by atoms with Crippen molar-refractivity contribution >= 4 is 5.97 Å². The second kappa shape index (κ2) is 5.32. The molecule has 0 aromatic heterocycles. The van der Waals surface area contributed by atoms with E-state index < -0.39 is 0 Å². The minimum absolute atomic E-state index is 0.122. The van der Waals surface area contributed by atoms with Gasteiger partial charge in [-0.1, -0.05) is 24.3 Å². The molecule has 1 aromatic carbocycles. The van der Waals surface area contributed by atoms with Crippen molar-refractivity contribution in [1.29, 1.82) is 0 Å². The number of benzene rings is 1. The minimum atomic E-state index is -0.139. The fourth-order valence-electron chi connectivity index (χ4n) is 2.39. The summed E-state index contributed by atoms with van der Waals surface area (Å²) < 4.78 is 5.04. The number of hydrogen-bond acceptors (Lipinski definition) is 3. The van der Waals surface area contributed by atoms with Crippen LogP contribution in [0.15, 0.2) is 24.3 Å². The summed E-state index contributed by atoms with van der Waals surface area (Å²) in [6, 6.07) is 8.46. The summed E-state index contributed by atoms with van der Waals surface area (Å²) >= 11 is 0. The maximum atomic E-state index is 11.6. The predicted octanol–water partition coefficient (Wildman–Crippen LogP) is 2.35. The third-order valence-corrected chi connectivity index (χ3v) is 3.28. The first-order chi connectivity index (χ1) is 8.22. The highest BCUT2D eigenvalue weighted by Crippen LogP contribution is 2.28. The second-order valence-corrected chi connectivity index (χ2v) is 4.46. The molecule has 1 heterocycles. The fraction of sp³-hybridized carbons (Fsp3) is 0.500. The number of nitrogens with one attached hydrogen (secondary N) is 1. The average Bonchev–Trinajstić information content (AvgIpc) is 2.79. The maximum absolute atomic E-state index is 11.6. The number of esters is 1. The molecule has 92 valence electrons. The predicted molar refractivity (Wildman–Crippen MR) is 66.7 cm³/mol. The third-order valence-electron chi connectivity index (χ3n) is 3.28. The SMILES string of the molecule is CCOC(=O)[C@H]1CC[C@H](c2ccccc2C)N1. The molecular weight excluding hydrogens is 214 g/mol. The van der Waals surface area contributed by atoms with Crippen LogP contribution in [0, 0.1) is 6.92 Å². The van der Waals surface area contributed by atoms with E-state index in [0.29, 0.717) is 6.61 Å². The van der Waals surface area contributed by atoms with Crippen LogP contribution < -0.4 is 5.32 Å². The first-order valence-electron chi connectivity index (χ1n) is 6.20. The van der Waals surface area contributed by atoms with Crippen LogP contribution >= 0.6 is 0 Å². The van der Waals surface area contributed by atoms with Gasteiger partial charge in [-0.3, -0.25) is 10.1 Å². The molecule has 1 N–H and O–H groups in total. The zero-order valence-corrected chi connectivity index (χ0v) is 10.4. The molecule has 0 amide bonds. The van der Waals surface area contributed by atoms with Crippen molar-refractivity contribution in [3.05, 3.63) is 35.4 Å². The molecule has 0 aliphatic carbocycles. The number of ether oxygens (including phenoxy) is 1. The van der Waals surface area contributed by atoms with Gasteiger partial charge in [0.05, 0.1) is 6.61 Å². The fourth-order valence-corrected chi connectivity index (χ4v) is 2.39. The Kier molecular flexibility index (Phi) is 3.79. The lowest BCUT2D eigenvalue weighted by Crippen LogP contribution is -2.33. The van der Waals surface area contributed by atoms with Crippen LogP contribution in [0.1, 0.15) is 36.9 Å². The Morgan fingerprint density at radius 1 is 1.41 bits per heavy atom. The molecule has 0 spiro atoms. The minimum Gasteiger partial charge on any atom is -0.465 e. The van der Waals surface area contributed by atoms with E-state index in [1.807, 2.05) is 19.1 Å². The lowest BCUT2D eigenvalue weighted by molar-refractivity contribution is -0.145. The molecule has 1 aliphatic heterocycles. The number of carbonyl (C=O) groups excluding carboxylic acids is 1. The Labute approximate surface area is 102 Å². The molecule has 17 heavy (non-hydrogen) atoms. The zero-order chi connectivity index (χ0) is 12.3. The van der Waals surface area contributed by atoms with Crippen molar-refractivity contribution in [1.82, 2.24) is 5.32 Å². The van der Waals surface area contributed by atoms with Gasteiger partial charge in [0.25, 0.3) is 0 Å². The number of hydrogen-bond donors (Lipinski definition) is 1. The summed E-state index contributed by atoms with van der Waals surface area (Å²) in [5.74, 6) is -0.122. The standard InChI is InChI=1S/C14H19NO2/c1-3-17-14(16)13-9-8-12(15-13)11-7-5-4-6-10(11)2/h4-7,12-13,15H,3,8-9H2,1-2H3/t12-,13-/m1/s1. The first-order valence-corrected chi connectivity index (χ1v) is 6.20. The third kappa shape index (κ3) is 2.67. The smallest absolute Gasteiger partial charge is 0.323 e. The highest BCUT2D eigenvalue weighted by atomic mass is 16.5. The van der Waals surface area contributed by atoms with E-state index in [-0.39, 0.29) is 18.1 Å². The van der Waals surface area contributed by atoms with E-state index >= 15 is 0 Å². The van der Waals surface area contributed by atoms with E-state index in [1.165, 1.54) is 11.1 Å². The molecule has 3 nitrogen and oxygen atoms in total. The molecule has 0 radical (unpaired) electrons. The van der Waals surface area contributed by atoms with Gasteiger partial charge in [0, 0.05) is 6.04 Å². The van der Waals surface area contributed by atoms with Crippen LogP contribution in [0.3, 0.4) is 0 Å². The largest absolute Gasteiger partial charge is 0.465 e. The van der Waals surface area contributed by atoms with Crippen molar-refractivity contribution in [3.63, 3.8) is 0 Å². The quantitative estimate of drug-likeness (QED) is 0.814. The van der Waals surface area contributed by atoms with Crippen LogP contribution in [-0.4, -0.2) is 18.6 Å². The second-order valence-electron chi connectivity index (χ2n) is 4.46. The molecule has 1 saturated heterocycles. The van der Waals surface area contributed by atoms with Crippen molar-refractivity contribution in [2.24, 2.45) is 0 Å². The summed E-state index contributed by atoms with van der Waals surface area (Å²) in [4.78, 5) is 11.6. The summed E-state index contributed by atoms with van der Waals surface area (Å²) in [6.07, 6.45) is 1.85. The van der Waals surface area contributed by atoms with Crippen LogP contribution in [0.4, 0.5) is 0 Å². The highest BCUT2D eigenvalue weighted by molar-refractivity contribution is 5.76. The Morgan fingerprint density at radius 2 is 2.18 bits per heavy atom. The molecule has 0 bridgehead atoms. The molecule has 2 rings (SSSR count). The molecule has 0 saturated carbocycles. The number of rotatable bonds is 3. The summed E-state index contributed by atoms with van der Waals surface area (Å²) in [5.41, 5.74) is 2.56. The first kappa shape index (κ1) is 12.1. The van der Waals surface area contributed by atoms with Crippen LogP contribution in [-0.2, 0) is 9.53 Å². The van der Waals surface area contributed by atoms with Crippen molar-refractivity contribution in [2.45, 2.75) is 38.8 Å².